The number of carbonyl (C=O) groups is 5. The fraction of sp³-hybridized carbons (Fsp3) is 0.103. The summed E-state index contributed by atoms with van der Waals surface area (Å²) in [5.41, 5.74) is 2.00. The molecule has 0 aliphatic rings. The number of hydrogen-bond acceptors (Lipinski definition) is 8. The molecule has 270 valence electrons. The zero-order valence-electron chi connectivity index (χ0n) is 28.5. The van der Waals surface area contributed by atoms with Crippen LogP contribution in [0.4, 0.5) is 16.4 Å². The predicted molar refractivity (Wildman–Crippen MR) is 212 cm³/mol. The van der Waals surface area contributed by atoms with E-state index in [2.05, 4.69) is 21.3 Å². The Kier molecular flexibility index (Phi) is 13.1. The average molecular weight is 788 g/mol. The Hall–Kier alpha value is -5.40. The third-order valence-electron chi connectivity index (χ3n) is 7.60. The molecule has 4 N–H and O–H groups in total. The number of rotatable bonds is 12. The first-order valence-electron chi connectivity index (χ1n) is 15.9. The number of anilines is 3. The molecule has 0 bridgehead atoms. The Labute approximate surface area is 323 Å². The summed E-state index contributed by atoms with van der Waals surface area (Å²) >= 11 is 14.9. The van der Waals surface area contributed by atoms with Crippen molar-refractivity contribution in [1.29, 1.82) is 0 Å². The number of nitrogens with one attached hydrogen (secondary N) is 4. The summed E-state index contributed by atoms with van der Waals surface area (Å²) in [6.45, 7) is 3.30. The first-order chi connectivity index (χ1) is 25.4. The van der Waals surface area contributed by atoms with Gasteiger partial charge in [0, 0.05) is 37.4 Å². The minimum Gasteiger partial charge on any atom is -0.465 e. The van der Waals surface area contributed by atoms with Crippen molar-refractivity contribution < 1.29 is 28.7 Å². The van der Waals surface area contributed by atoms with Crippen LogP contribution in [0.1, 0.15) is 48.4 Å². The van der Waals surface area contributed by atoms with Gasteiger partial charge in [0.05, 0.1) is 22.8 Å². The predicted octanol–water partition coefficient (Wildman–Crippen LogP) is 8.93. The number of halogens is 2. The molecule has 4 aromatic carbocycles. The minimum absolute atomic E-state index is 0.0901. The fourth-order valence-electron chi connectivity index (χ4n) is 4.93. The zero-order valence-corrected chi connectivity index (χ0v) is 31.6. The molecular weight excluding hydrogens is 755 g/mol. The summed E-state index contributed by atoms with van der Waals surface area (Å²) in [7, 11) is 1.22. The molecule has 0 fully saturated rings. The summed E-state index contributed by atoms with van der Waals surface area (Å²) < 4.78 is 4.96. The number of thioether (sulfide) groups is 1. The van der Waals surface area contributed by atoms with Gasteiger partial charge in [-0.15, -0.1) is 23.1 Å². The summed E-state index contributed by atoms with van der Waals surface area (Å²) in [5, 5.41) is 11.1. The highest BCUT2D eigenvalue weighted by Gasteiger charge is 2.28. The van der Waals surface area contributed by atoms with Crippen molar-refractivity contribution in [3.8, 4) is 0 Å². The zero-order chi connectivity index (χ0) is 38.1. The van der Waals surface area contributed by atoms with Crippen LogP contribution in [0.2, 0.25) is 10.0 Å². The first kappa shape index (κ1) is 38.8. The molecule has 0 saturated carbocycles. The van der Waals surface area contributed by atoms with Gasteiger partial charge in [-0.25, -0.2) is 4.79 Å². The van der Waals surface area contributed by atoms with E-state index in [1.807, 2.05) is 6.07 Å². The van der Waals surface area contributed by atoms with Crippen LogP contribution in [0.25, 0.3) is 6.08 Å². The standard InChI is InChI=1S/C39H32Cl2N4O6S2/c1-22-32(39(50)51-3)38(53-33(22)37(49)42-25-14-8-5-9-15-25)45-34(46)23(2)52-27-17-10-16-26(20-27)43-36(48)31(21-28-29(40)18-11-19-30(28)41)44-35(47)24-12-6-4-7-13-24/h4-21,23H,1-3H3,(H,42,49)(H,43,48)(H,44,47)(H,45,46)/b31-21+. The summed E-state index contributed by atoms with van der Waals surface area (Å²) in [4.78, 5) is 66.9. The highest BCUT2D eigenvalue weighted by Crippen LogP contribution is 2.36. The number of ether oxygens (including phenoxy) is 1. The average Bonchev–Trinajstić information content (AvgIpc) is 3.48. The van der Waals surface area contributed by atoms with E-state index in [0.29, 0.717) is 33.0 Å². The van der Waals surface area contributed by atoms with E-state index in [4.69, 9.17) is 27.9 Å². The van der Waals surface area contributed by atoms with Gasteiger partial charge in [-0.05, 0) is 80.1 Å². The Morgan fingerprint density at radius 3 is 2.06 bits per heavy atom. The van der Waals surface area contributed by atoms with Crippen molar-refractivity contribution in [3.63, 3.8) is 0 Å². The van der Waals surface area contributed by atoms with E-state index < -0.39 is 34.8 Å². The van der Waals surface area contributed by atoms with Gasteiger partial charge in [0.25, 0.3) is 17.7 Å². The molecule has 53 heavy (non-hydrogen) atoms. The van der Waals surface area contributed by atoms with E-state index in [1.165, 1.54) is 24.9 Å². The molecule has 1 heterocycles. The fourth-order valence-corrected chi connectivity index (χ4v) is 7.45. The number of thiophene rings is 1. The maximum absolute atomic E-state index is 13.6. The normalized spacial score (nSPS) is 11.6. The lowest BCUT2D eigenvalue weighted by atomic mass is 10.1. The van der Waals surface area contributed by atoms with Crippen LogP contribution in [0, 0.1) is 6.92 Å². The van der Waals surface area contributed by atoms with Crippen molar-refractivity contribution in [3.05, 3.63) is 146 Å². The maximum atomic E-state index is 13.6. The van der Waals surface area contributed by atoms with Crippen LogP contribution in [0.5, 0.6) is 0 Å². The van der Waals surface area contributed by atoms with Gasteiger partial charge >= 0.3 is 5.97 Å². The molecule has 5 rings (SSSR count). The highest BCUT2D eigenvalue weighted by molar-refractivity contribution is 8.00. The van der Waals surface area contributed by atoms with Gasteiger partial charge in [0.1, 0.15) is 10.7 Å². The first-order valence-corrected chi connectivity index (χ1v) is 18.4. The van der Waals surface area contributed by atoms with Crippen molar-refractivity contribution in [2.45, 2.75) is 24.0 Å². The highest BCUT2D eigenvalue weighted by atomic mass is 35.5. The van der Waals surface area contributed by atoms with Crippen molar-refractivity contribution in [2.24, 2.45) is 0 Å². The van der Waals surface area contributed by atoms with Gasteiger partial charge in [-0.2, -0.15) is 0 Å². The monoisotopic (exact) mass is 786 g/mol. The lowest BCUT2D eigenvalue weighted by molar-refractivity contribution is -0.115. The Morgan fingerprint density at radius 2 is 1.40 bits per heavy atom. The van der Waals surface area contributed by atoms with E-state index in [-0.39, 0.29) is 31.2 Å². The van der Waals surface area contributed by atoms with Crippen LogP contribution < -0.4 is 21.3 Å². The van der Waals surface area contributed by atoms with E-state index in [1.54, 1.807) is 111 Å². The number of carbonyl (C=O) groups excluding carboxylic acids is 5. The van der Waals surface area contributed by atoms with Gasteiger partial charge in [0.15, 0.2) is 0 Å². The number of methoxy groups -OCH3 is 1. The molecular formula is C39H32Cl2N4O6S2. The Balaban J connectivity index is 1.31. The molecule has 1 unspecified atom stereocenters. The summed E-state index contributed by atoms with van der Waals surface area (Å²) in [5.74, 6) is -2.72. The molecule has 0 aliphatic heterocycles. The molecule has 0 spiro atoms. The Morgan fingerprint density at radius 1 is 0.774 bits per heavy atom. The molecule has 0 radical (unpaired) electrons. The summed E-state index contributed by atoms with van der Waals surface area (Å²) in [6.07, 6.45) is 1.40. The smallest absolute Gasteiger partial charge is 0.341 e. The van der Waals surface area contributed by atoms with Gasteiger partial charge in [0.2, 0.25) is 5.91 Å². The number of esters is 1. The lowest BCUT2D eigenvalue weighted by Crippen LogP contribution is -2.30. The molecule has 0 aliphatic carbocycles. The van der Waals surface area contributed by atoms with Crippen LogP contribution in [0.15, 0.2) is 114 Å². The molecule has 10 nitrogen and oxygen atoms in total. The number of hydrogen-bond donors (Lipinski definition) is 4. The molecule has 4 amide bonds. The van der Waals surface area contributed by atoms with Crippen molar-refractivity contribution in [1.82, 2.24) is 5.32 Å². The van der Waals surface area contributed by atoms with Crippen molar-refractivity contribution in [2.75, 3.05) is 23.1 Å². The number of amides is 4. The third kappa shape index (κ3) is 9.93. The maximum Gasteiger partial charge on any atom is 0.341 e. The van der Waals surface area contributed by atoms with Crippen LogP contribution in [0.3, 0.4) is 0 Å². The van der Waals surface area contributed by atoms with E-state index in [0.717, 1.165) is 11.3 Å². The molecule has 5 aromatic rings. The SMILES string of the molecule is COC(=O)c1c(NC(=O)C(C)Sc2cccc(NC(=O)/C(=C\c3c(Cl)cccc3Cl)NC(=O)c3ccccc3)c2)sc(C(=O)Nc2ccccc2)c1C. The molecule has 14 heteroatoms. The van der Waals surface area contributed by atoms with Crippen molar-refractivity contribution >= 4 is 98.4 Å². The second kappa shape index (κ2) is 17.9. The third-order valence-corrected chi connectivity index (χ3v) is 10.6. The quantitative estimate of drug-likeness (QED) is 0.0562. The number of benzene rings is 4. The van der Waals surface area contributed by atoms with E-state index in [9.17, 15) is 24.0 Å². The van der Waals surface area contributed by atoms with Gasteiger partial charge < -0.3 is 26.0 Å². The van der Waals surface area contributed by atoms with E-state index >= 15 is 0 Å². The second-order valence-electron chi connectivity index (χ2n) is 11.3. The van der Waals surface area contributed by atoms with Gasteiger partial charge in [-0.3, -0.25) is 19.2 Å². The second-order valence-corrected chi connectivity index (χ2v) is 14.6. The molecule has 1 aromatic heterocycles. The van der Waals surface area contributed by atoms with Crippen LogP contribution >= 0.6 is 46.3 Å². The minimum atomic E-state index is -0.693. The largest absolute Gasteiger partial charge is 0.465 e. The Bertz CT molecular complexity index is 2190. The van der Waals surface area contributed by atoms with Crippen LogP contribution in [-0.4, -0.2) is 42.0 Å². The summed E-state index contributed by atoms with van der Waals surface area (Å²) in [6, 6.07) is 29.0. The lowest BCUT2D eigenvalue weighted by Gasteiger charge is -2.14. The molecule has 1 atom stereocenters. The molecule has 0 saturated heterocycles. The van der Waals surface area contributed by atoms with Gasteiger partial charge in [-0.1, -0.05) is 71.7 Å². The van der Waals surface area contributed by atoms with Crippen LogP contribution in [-0.2, 0) is 14.3 Å². The topological polar surface area (TPSA) is 143 Å². The number of para-hydroxylation sites is 1.